The highest BCUT2D eigenvalue weighted by atomic mass is 19.1. The minimum absolute atomic E-state index is 0.00685. The largest absolute Gasteiger partial charge is 0.497 e. The van der Waals surface area contributed by atoms with Crippen molar-refractivity contribution in [3.8, 4) is 17.2 Å². The van der Waals surface area contributed by atoms with Crippen molar-refractivity contribution >= 4 is 5.97 Å². The first-order chi connectivity index (χ1) is 14.8. The lowest BCUT2D eigenvalue weighted by Crippen LogP contribution is -2.25. The minimum atomic E-state index is -0.753. The van der Waals surface area contributed by atoms with E-state index in [0.717, 1.165) is 5.56 Å². The van der Waals surface area contributed by atoms with Crippen LogP contribution in [0.4, 0.5) is 4.39 Å². The molecule has 3 aromatic rings. The molecular formula is C23H23FN2O5. The smallest absolute Gasteiger partial charge is 0.341 e. The number of aryl methyl sites for hydroxylation is 1. The fourth-order valence-electron chi connectivity index (χ4n) is 2.99. The quantitative estimate of drug-likeness (QED) is 0.531. The van der Waals surface area contributed by atoms with Crippen molar-refractivity contribution in [1.82, 2.24) is 9.78 Å². The van der Waals surface area contributed by atoms with Crippen molar-refractivity contribution in [3.05, 3.63) is 81.0 Å². The summed E-state index contributed by atoms with van der Waals surface area (Å²) in [6.07, 6.45) is 0. The number of carbonyl (C=O) groups excluding carboxylic acids is 1. The molecule has 0 saturated carbocycles. The van der Waals surface area contributed by atoms with E-state index in [4.69, 9.17) is 14.2 Å². The molecule has 0 amide bonds. The number of benzene rings is 2. The third kappa shape index (κ3) is 4.91. The number of hydrogen-bond donors (Lipinski definition) is 0. The number of nitrogens with zero attached hydrogens (tertiary/aromatic N) is 2. The fourth-order valence-corrected chi connectivity index (χ4v) is 2.99. The van der Waals surface area contributed by atoms with Crippen LogP contribution in [0.5, 0.6) is 17.2 Å². The Labute approximate surface area is 179 Å². The maximum atomic E-state index is 14.7. The van der Waals surface area contributed by atoms with Gasteiger partial charge in [0.1, 0.15) is 17.3 Å². The van der Waals surface area contributed by atoms with Gasteiger partial charge in [-0.2, -0.15) is 5.10 Å². The van der Waals surface area contributed by atoms with Crippen LogP contribution in [0.1, 0.15) is 34.1 Å². The summed E-state index contributed by atoms with van der Waals surface area (Å²) < 4.78 is 31.7. The van der Waals surface area contributed by atoms with Crippen LogP contribution in [0.3, 0.4) is 0 Å². The second-order valence-corrected chi connectivity index (χ2v) is 6.83. The van der Waals surface area contributed by atoms with Gasteiger partial charge >= 0.3 is 11.5 Å². The van der Waals surface area contributed by atoms with E-state index < -0.39 is 17.3 Å². The molecule has 0 aliphatic rings. The molecule has 162 valence electrons. The average molecular weight is 426 g/mol. The van der Waals surface area contributed by atoms with Gasteiger partial charge in [-0.1, -0.05) is 12.1 Å². The van der Waals surface area contributed by atoms with Crippen LogP contribution in [0.25, 0.3) is 0 Å². The summed E-state index contributed by atoms with van der Waals surface area (Å²) in [6.45, 7) is 5.21. The molecule has 0 spiro atoms. The molecule has 0 fully saturated rings. The number of aromatic nitrogens is 2. The van der Waals surface area contributed by atoms with E-state index in [9.17, 15) is 14.0 Å². The molecule has 7 nitrogen and oxygen atoms in total. The lowest BCUT2D eigenvalue weighted by Gasteiger charge is -2.13. The normalized spacial score (nSPS) is 10.6. The maximum Gasteiger partial charge on any atom is 0.341 e. The van der Waals surface area contributed by atoms with E-state index in [-0.39, 0.29) is 35.8 Å². The van der Waals surface area contributed by atoms with Crippen LogP contribution in [-0.4, -0.2) is 29.5 Å². The van der Waals surface area contributed by atoms with Crippen LogP contribution in [0, 0.1) is 19.7 Å². The summed E-state index contributed by atoms with van der Waals surface area (Å²) in [5.74, 6) is -0.658. The molecule has 1 heterocycles. The molecule has 0 atom stereocenters. The van der Waals surface area contributed by atoms with Crippen LogP contribution >= 0.6 is 0 Å². The van der Waals surface area contributed by atoms with Crippen LogP contribution in [-0.2, 0) is 11.3 Å². The summed E-state index contributed by atoms with van der Waals surface area (Å²) in [4.78, 5) is 24.8. The van der Waals surface area contributed by atoms with E-state index in [0.29, 0.717) is 11.4 Å². The van der Waals surface area contributed by atoms with Gasteiger partial charge in [0.2, 0.25) is 0 Å². The maximum absolute atomic E-state index is 14.7. The zero-order chi connectivity index (χ0) is 22.5. The molecule has 0 N–H and O–H groups in total. The average Bonchev–Trinajstić information content (AvgIpc) is 2.75. The number of methoxy groups -OCH3 is 1. The third-order valence-corrected chi connectivity index (χ3v) is 4.61. The molecule has 2 aromatic carbocycles. The van der Waals surface area contributed by atoms with Gasteiger partial charge in [-0.15, -0.1) is 0 Å². The molecule has 0 radical (unpaired) electrons. The van der Waals surface area contributed by atoms with Crippen molar-refractivity contribution in [1.29, 1.82) is 0 Å². The predicted octanol–water partition coefficient (Wildman–Crippen LogP) is 4.03. The Morgan fingerprint density at radius 2 is 1.81 bits per heavy atom. The Hall–Kier alpha value is -3.68. The van der Waals surface area contributed by atoms with E-state index in [1.807, 2.05) is 12.1 Å². The number of carbonyl (C=O) groups is 1. The van der Waals surface area contributed by atoms with Gasteiger partial charge in [-0.05, 0) is 50.6 Å². The first-order valence-corrected chi connectivity index (χ1v) is 9.69. The SMILES string of the molecule is CCOC(=O)c1ccc(Oc2cc(C)nn(Cc3ccc(OC)cc3)c2=O)c(C)c1F. The summed E-state index contributed by atoms with van der Waals surface area (Å²) in [5.41, 5.74) is 0.865. The van der Waals surface area contributed by atoms with Crippen LogP contribution < -0.4 is 15.0 Å². The first kappa shape index (κ1) is 22.0. The number of esters is 1. The zero-order valence-electron chi connectivity index (χ0n) is 17.8. The molecular weight excluding hydrogens is 403 g/mol. The van der Waals surface area contributed by atoms with Crippen molar-refractivity contribution in [2.24, 2.45) is 0 Å². The second-order valence-electron chi connectivity index (χ2n) is 6.83. The third-order valence-electron chi connectivity index (χ3n) is 4.61. The highest BCUT2D eigenvalue weighted by molar-refractivity contribution is 5.90. The Balaban J connectivity index is 1.91. The summed E-state index contributed by atoms with van der Waals surface area (Å²) >= 11 is 0. The zero-order valence-corrected chi connectivity index (χ0v) is 17.8. The Kier molecular flexibility index (Phi) is 6.69. The monoisotopic (exact) mass is 426 g/mol. The Bertz CT molecular complexity index is 1160. The van der Waals surface area contributed by atoms with Crippen molar-refractivity contribution in [2.75, 3.05) is 13.7 Å². The Morgan fingerprint density at radius 3 is 2.45 bits per heavy atom. The standard InChI is InChI=1S/C23H23FN2O5/c1-5-30-23(28)18-10-11-19(15(3)21(18)24)31-20-12-14(2)25-26(22(20)27)13-16-6-8-17(29-4)9-7-16/h6-12H,5,13H2,1-4H3. The molecule has 0 bridgehead atoms. The number of hydrogen-bond acceptors (Lipinski definition) is 6. The molecule has 0 saturated heterocycles. The Morgan fingerprint density at radius 1 is 1.10 bits per heavy atom. The van der Waals surface area contributed by atoms with Crippen LogP contribution in [0.2, 0.25) is 0 Å². The summed E-state index contributed by atoms with van der Waals surface area (Å²) in [6, 6.07) is 11.5. The number of halogens is 1. The second kappa shape index (κ2) is 9.42. The van der Waals surface area contributed by atoms with Crippen molar-refractivity contribution in [3.63, 3.8) is 0 Å². The van der Waals surface area contributed by atoms with E-state index in [1.54, 1.807) is 33.1 Å². The van der Waals surface area contributed by atoms with Crippen molar-refractivity contribution < 1.29 is 23.4 Å². The number of ether oxygens (including phenoxy) is 3. The van der Waals surface area contributed by atoms with E-state index in [2.05, 4.69) is 5.10 Å². The topological polar surface area (TPSA) is 79.7 Å². The van der Waals surface area contributed by atoms with Crippen LogP contribution in [0.15, 0.2) is 47.3 Å². The molecule has 8 heteroatoms. The van der Waals surface area contributed by atoms with Gasteiger partial charge in [0, 0.05) is 11.6 Å². The fraction of sp³-hybridized carbons (Fsp3) is 0.261. The lowest BCUT2D eigenvalue weighted by atomic mass is 10.1. The van der Waals surface area contributed by atoms with Gasteiger partial charge in [-0.25, -0.2) is 13.9 Å². The summed E-state index contributed by atoms with van der Waals surface area (Å²) in [7, 11) is 1.58. The van der Waals surface area contributed by atoms with Crippen molar-refractivity contribution in [2.45, 2.75) is 27.3 Å². The van der Waals surface area contributed by atoms with Gasteiger partial charge in [0.25, 0.3) is 0 Å². The van der Waals surface area contributed by atoms with Gasteiger partial charge in [-0.3, -0.25) is 4.79 Å². The molecule has 3 rings (SSSR count). The minimum Gasteiger partial charge on any atom is -0.497 e. The first-order valence-electron chi connectivity index (χ1n) is 9.69. The molecule has 31 heavy (non-hydrogen) atoms. The summed E-state index contributed by atoms with van der Waals surface area (Å²) in [5, 5.41) is 4.27. The predicted molar refractivity (Wildman–Crippen MR) is 112 cm³/mol. The van der Waals surface area contributed by atoms with Gasteiger partial charge in [0.15, 0.2) is 5.75 Å². The molecule has 0 aliphatic carbocycles. The lowest BCUT2D eigenvalue weighted by molar-refractivity contribution is 0.0520. The highest BCUT2D eigenvalue weighted by Gasteiger charge is 2.19. The van der Waals surface area contributed by atoms with E-state index >= 15 is 0 Å². The highest BCUT2D eigenvalue weighted by Crippen LogP contribution is 2.27. The number of rotatable bonds is 7. The van der Waals surface area contributed by atoms with Gasteiger partial charge in [0.05, 0.1) is 31.5 Å². The molecule has 1 aromatic heterocycles. The van der Waals surface area contributed by atoms with Gasteiger partial charge < -0.3 is 14.2 Å². The molecule has 0 unspecified atom stereocenters. The van der Waals surface area contributed by atoms with E-state index in [1.165, 1.54) is 29.8 Å². The molecule has 0 aliphatic heterocycles.